The Morgan fingerprint density at radius 2 is 1.81 bits per heavy atom. The number of halogens is 1. The van der Waals surface area contributed by atoms with E-state index in [1.807, 2.05) is 24.1 Å². The minimum absolute atomic E-state index is 0. The summed E-state index contributed by atoms with van der Waals surface area (Å²) in [6.45, 7) is 5.32. The third kappa shape index (κ3) is 3.28. The number of nitrogens with zero attached hydrogens (tertiary/aromatic N) is 2. The zero-order valence-corrected chi connectivity index (χ0v) is 17.5. The Bertz CT molecular complexity index is 705. The Morgan fingerprint density at radius 1 is 1.19 bits per heavy atom. The Kier molecular flexibility index (Phi) is 5.87. The SMILES string of the molecule is COC1(c2ccc(C(N)=O)s2)[C@@H]2CCC[C@H]1CN(C1CN(C(C)=O)C1)C2.Cl. The highest BCUT2D eigenvalue weighted by Gasteiger charge is 2.55. The zero-order chi connectivity index (χ0) is 18.5. The van der Waals surface area contributed by atoms with Crippen molar-refractivity contribution in [2.45, 2.75) is 37.8 Å². The summed E-state index contributed by atoms with van der Waals surface area (Å²) in [6.07, 6.45) is 3.49. The molecule has 3 heterocycles. The molecule has 3 aliphatic rings. The Labute approximate surface area is 170 Å². The molecular formula is C19H28ClN3O3S. The predicted octanol–water partition coefficient (Wildman–Crippen LogP) is 2.07. The van der Waals surface area contributed by atoms with Gasteiger partial charge in [-0.05, 0) is 25.0 Å². The van der Waals surface area contributed by atoms with E-state index in [1.54, 1.807) is 6.92 Å². The molecule has 1 saturated carbocycles. The number of likely N-dealkylation sites (tertiary alicyclic amines) is 2. The van der Waals surface area contributed by atoms with Crippen LogP contribution in [-0.2, 0) is 15.1 Å². The second-order valence-corrected chi connectivity index (χ2v) is 8.97. The van der Waals surface area contributed by atoms with Crippen LogP contribution in [0.2, 0.25) is 0 Å². The second kappa shape index (κ2) is 7.70. The number of hydrogen-bond acceptors (Lipinski definition) is 5. The van der Waals surface area contributed by atoms with Crippen LogP contribution in [0.5, 0.6) is 0 Å². The molecular weight excluding hydrogens is 386 g/mol. The summed E-state index contributed by atoms with van der Waals surface area (Å²) in [5.74, 6) is 0.618. The molecule has 3 atom stereocenters. The van der Waals surface area contributed by atoms with E-state index in [-0.39, 0.29) is 29.8 Å². The monoisotopic (exact) mass is 413 g/mol. The Balaban J connectivity index is 0.00000210. The highest BCUT2D eigenvalue weighted by molar-refractivity contribution is 7.14. The van der Waals surface area contributed by atoms with E-state index in [1.165, 1.54) is 17.8 Å². The van der Waals surface area contributed by atoms with Crippen molar-refractivity contribution >= 4 is 35.6 Å². The molecule has 2 N–H and O–H groups in total. The third-order valence-corrected chi connectivity index (χ3v) is 7.86. The van der Waals surface area contributed by atoms with Gasteiger partial charge >= 0.3 is 0 Å². The first kappa shape index (κ1) is 20.6. The largest absolute Gasteiger partial charge is 0.372 e. The summed E-state index contributed by atoms with van der Waals surface area (Å²) >= 11 is 1.49. The molecule has 2 aliphatic heterocycles. The molecule has 3 fully saturated rings. The van der Waals surface area contributed by atoms with Crippen LogP contribution in [0.1, 0.15) is 40.7 Å². The molecule has 2 bridgehead atoms. The lowest BCUT2D eigenvalue weighted by atomic mass is 9.64. The first-order valence-corrected chi connectivity index (χ1v) is 10.2. The predicted molar refractivity (Wildman–Crippen MR) is 107 cm³/mol. The van der Waals surface area contributed by atoms with Crippen molar-refractivity contribution in [2.24, 2.45) is 17.6 Å². The van der Waals surface area contributed by atoms with Gasteiger partial charge in [0.2, 0.25) is 5.91 Å². The number of rotatable bonds is 4. The first-order valence-electron chi connectivity index (χ1n) is 9.40. The number of hydrogen-bond donors (Lipinski definition) is 1. The number of nitrogens with two attached hydrogens (primary N) is 1. The molecule has 2 saturated heterocycles. The number of fused-ring (bicyclic) bond motifs is 2. The number of thiophene rings is 1. The fraction of sp³-hybridized carbons (Fsp3) is 0.684. The van der Waals surface area contributed by atoms with Crippen molar-refractivity contribution in [3.63, 3.8) is 0 Å². The van der Waals surface area contributed by atoms with Gasteiger partial charge in [0, 0.05) is 63.0 Å². The molecule has 6 nitrogen and oxygen atoms in total. The summed E-state index contributed by atoms with van der Waals surface area (Å²) in [5.41, 5.74) is 5.16. The van der Waals surface area contributed by atoms with Gasteiger partial charge in [0.1, 0.15) is 5.60 Å². The average Bonchev–Trinajstić information content (AvgIpc) is 3.02. The molecule has 1 aromatic rings. The fourth-order valence-electron chi connectivity index (χ4n) is 5.23. The Hall–Kier alpha value is -1.15. The van der Waals surface area contributed by atoms with Crippen LogP contribution >= 0.6 is 23.7 Å². The maximum Gasteiger partial charge on any atom is 0.258 e. The van der Waals surface area contributed by atoms with Gasteiger partial charge in [-0.2, -0.15) is 0 Å². The fourth-order valence-corrected chi connectivity index (χ4v) is 6.41. The van der Waals surface area contributed by atoms with Gasteiger partial charge in [0.25, 0.3) is 5.91 Å². The van der Waals surface area contributed by atoms with Gasteiger partial charge < -0.3 is 15.4 Å². The van der Waals surface area contributed by atoms with Gasteiger partial charge in [-0.3, -0.25) is 14.5 Å². The van der Waals surface area contributed by atoms with Gasteiger partial charge in [-0.1, -0.05) is 6.42 Å². The molecule has 150 valence electrons. The van der Waals surface area contributed by atoms with E-state index in [9.17, 15) is 9.59 Å². The smallest absolute Gasteiger partial charge is 0.258 e. The maximum absolute atomic E-state index is 11.6. The van der Waals surface area contributed by atoms with Gasteiger partial charge in [0.05, 0.1) is 4.88 Å². The van der Waals surface area contributed by atoms with E-state index in [2.05, 4.69) is 4.90 Å². The van der Waals surface area contributed by atoms with Gasteiger partial charge in [-0.25, -0.2) is 0 Å². The van der Waals surface area contributed by atoms with E-state index in [4.69, 9.17) is 10.5 Å². The minimum Gasteiger partial charge on any atom is -0.372 e. The number of primary amides is 1. The zero-order valence-electron chi connectivity index (χ0n) is 15.8. The molecule has 1 aliphatic carbocycles. The van der Waals surface area contributed by atoms with Crippen LogP contribution in [0.15, 0.2) is 12.1 Å². The molecule has 0 radical (unpaired) electrons. The molecule has 1 unspecified atom stereocenters. The summed E-state index contributed by atoms with van der Waals surface area (Å²) in [7, 11) is 1.81. The van der Waals surface area contributed by atoms with Crippen molar-refractivity contribution in [1.29, 1.82) is 0 Å². The molecule has 4 rings (SSSR count). The summed E-state index contributed by atoms with van der Waals surface area (Å²) in [4.78, 5) is 29.3. The van der Waals surface area contributed by atoms with E-state index in [0.29, 0.717) is 22.8 Å². The normalized spacial score (nSPS) is 31.1. The molecule has 1 aromatic heterocycles. The number of piperidine rings is 1. The second-order valence-electron chi connectivity index (χ2n) is 7.88. The van der Waals surface area contributed by atoms with E-state index >= 15 is 0 Å². The van der Waals surface area contributed by atoms with Crippen LogP contribution in [0, 0.1) is 11.8 Å². The quantitative estimate of drug-likeness (QED) is 0.819. The highest BCUT2D eigenvalue weighted by atomic mass is 35.5. The highest BCUT2D eigenvalue weighted by Crippen LogP contribution is 2.53. The average molecular weight is 414 g/mol. The van der Waals surface area contributed by atoms with Crippen LogP contribution in [0.4, 0.5) is 0 Å². The minimum atomic E-state index is -0.367. The van der Waals surface area contributed by atoms with Crippen molar-refractivity contribution < 1.29 is 14.3 Å². The number of carbonyl (C=O) groups excluding carboxylic acids is 2. The first-order chi connectivity index (χ1) is 12.5. The number of amides is 2. The van der Waals surface area contributed by atoms with Crippen LogP contribution in [0.3, 0.4) is 0 Å². The molecule has 0 aromatic carbocycles. The molecule has 8 heteroatoms. The van der Waals surface area contributed by atoms with Gasteiger partial charge in [0.15, 0.2) is 0 Å². The Morgan fingerprint density at radius 3 is 2.30 bits per heavy atom. The summed E-state index contributed by atoms with van der Waals surface area (Å²) < 4.78 is 6.23. The lowest BCUT2D eigenvalue weighted by Gasteiger charge is -2.58. The summed E-state index contributed by atoms with van der Waals surface area (Å²) in [6, 6.07) is 4.35. The van der Waals surface area contributed by atoms with Crippen LogP contribution in [-0.4, -0.2) is 60.9 Å². The van der Waals surface area contributed by atoms with Gasteiger partial charge in [-0.15, -0.1) is 23.7 Å². The van der Waals surface area contributed by atoms with Crippen molar-refractivity contribution in [3.05, 3.63) is 21.9 Å². The van der Waals surface area contributed by atoms with E-state index < -0.39 is 0 Å². The van der Waals surface area contributed by atoms with Crippen molar-refractivity contribution in [1.82, 2.24) is 9.80 Å². The topological polar surface area (TPSA) is 75.9 Å². The maximum atomic E-state index is 11.6. The van der Waals surface area contributed by atoms with Crippen molar-refractivity contribution in [3.8, 4) is 0 Å². The molecule has 2 amide bonds. The van der Waals surface area contributed by atoms with Crippen LogP contribution < -0.4 is 5.73 Å². The van der Waals surface area contributed by atoms with E-state index in [0.717, 1.165) is 43.9 Å². The third-order valence-electron chi connectivity index (χ3n) is 6.62. The summed E-state index contributed by atoms with van der Waals surface area (Å²) in [5, 5.41) is 0. The number of methoxy groups -OCH3 is 1. The number of carbonyl (C=O) groups is 2. The lowest BCUT2D eigenvalue weighted by molar-refractivity contribution is -0.180. The van der Waals surface area contributed by atoms with Crippen LogP contribution in [0.25, 0.3) is 0 Å². The number of ether oxygens (including phenoxy) is 1. The molecule has 0 spiro atoms. The molecule has 27 heavy (non-hydrogen) atoms. The van der Waals surface area contributed by atoms with Crippen molar-refractivity contribution in [2.75, 3.05) is 33.3 Å². The lowest BCUT2D eigenvalue weighted by Crippen LogP contribution is -2.67. The standard InChI is InChI=1S/C19H27N3O3S.ClH/c1-12(23)21-10-15(11-21)22-8-13-4-3-5-14(9-22)19(13,25-2)17-7-6-16(26-17)18(20)24;/h6-7,13-15H,3-5,8-11H2,1-2H3,(H2,20,24);1H/t13-,14+,19?;.